The highest BCUT2D eigenvalue weighted by Gasteiger charge is 2.14. The lowest BCUT2D eigenvalue weighted by Crippen LogP contribution is -2.12. The molecule has 10 heteroatoms. The van der Waals surface area contributed by atoms with E-state index in [9.17, 15) is 18.0 Å². The lowest BCUT2D eigenvalue weighted by molar-refractivity contribution is 0.0600. The number of ether oxygens (including phenoxy) is 1. The Hall–Kier alpha value is -2.82. The number of hydrogen-bond donors (Lipinski definition) is 2. The van der Waals surface area contributed by atoms with E-state index in [0.29, 0.717) is 26.5 Å². The molecule has 134 valence electrons. The second kappa shape index (κ2) is 6.83. The smallest absolute Gasteiger partial charge is 0.337 e. The Labute approximate surface area is 152 Å². The van der Waals surface area contributed by atoms with Gasteiger partial charge in [0.2, 0.25) is 10.0 Å². The molecule has 0 fully saturated rings. The summed E-state index contributed by atoms with van der Waals surface area (Å²) in [5, 5.41) is 8.06. The van der Waals surface area contributed by atoms with Crippen molar-refractivity contribution in [3.05, 3.63) is 53.6 Å². The number of carbonyl (C=O) groups is 2. The number of nitrogens with two attached hydrogens (primary N) is 1. The van der Waals surface area contributed by atoms with Gasteiger partial charge in [-0.15, -0.1) is 0 Å². The molecule has 26 heavy (non-hydrogen) atoms. The van der Waals surface area contributed by atoms with Crippen LogP contribution >= 0.6 is 11.3 Å². The van der Waals surface area contributed by atoms with E-state index in [0.717, 1.165) is 11.3 Å². The fourth-order valence-electron chi connectivity index (χ4n) is 2.18. The van der Waals surface area contributed by atoms with Crippen LogP contribution in [0.25, 0.3) is 10.2 Å². The molecule has 2 aromatic carbocycles. The molecule has 1 heterocycles. The van der Waals surface area contributed by atoms with E-state index < -0.39 is 21.9 Å². The molecular formula is C16H13N3O5S2. The summed E-state index contributed by atoms with van der Waals surface area (Å²) < 4.78 is 28.0. The summed E-state index contributed by atoms with van der Waals surface area (Å²) in [6.07, 6.45) is 0. The maximum atomic E-state index is 12.3. The average Bonchev–Trinajstić information content (AvgIpc) is 3.01. The quantitative estimate of drug-likeness (QED) is 0.655. The number of sulfonamides is 1. The Bertz CT molecular complexity index is 1100. The number of rotatable bonds is 4. The van der Waals surface area contributed by atoms with Crippen molar-refractivity contribution < 1.29 is 22.7 Å². The van der Waals surface area contributed by atoms with Crippen molar-refractivity contribution in [3.8, 4) is 0 Å². The number of benzene rings is 2. The molecule has 3 N–H and O–H groups in total. The molecule has 0 radical (unpaired) electrons. The molecule has 8 nitrogen and oxygen atoms in total. The monoisotopic (exact) mass is 391 g/mol. The predicted molar refractivity (Wildman–Crippen MR) is 96.7 cm³/mol. The van der Waals surface area contributed by atoms with Gasteiger partial charge in [-0.1, -0.05) is 11.3 Å². The molecular weight excluding hydrogens is 378 g/mol. The number of fused-ring (bicyclic) bond motifs is 1. The van der Waals surface area contributed by atoms with Crippen molar-refractivity contribution in [1.82, 2.24) is 4.98 Å². The van der Waals surface area contributed by atoms with Crippen LogP contribution in [0.15, 0.2) is 47.4 Å². The number of anilines is 1. The Kier molecular flexibility index (Phi) is 4.72. The first-order chi connectivity index (χ1) is 12.3. The highest BCUT2D eigenvalue weighted by Crippen LogP contribution is 2.28. The van der Waals surface area contributed by atoms with Crippen molar-refractivity contribution in [2.75, 3.05) is 12.4 Å². The largest absolute Gasteiger partial charge is 0.465 e. The summed E-state index contributed by atoms with van der Waals surface area (Å²) >= 11 is 1.13. The average molecular weight is 391 g/mol. The third kappa shape index (κ3) is 3.72. The van der Waals surface area contributed by atoms with Crippen LogP contribution in [0.3, 0.4) is 0 Å². The normalized spacial score (nSPS) is 11.3. The summed E-state index contributed by atoms with van der Waals surface area (Å²) in [5.74, 6) is -0.902. The van der Waals surface area contributed by atoms with Gasteiger partial charge in [-0.25, -0.2) is 23.3 Å². The molecule has 0 aliphatic carbocycles. The molecule has 1 aromatic heterocycles. The van der Waals surface area contributed by atoms with Gasteiger partial charge in [0.05, 0.1) is 27.8 Å². The van der Waals surface area contributed by atoms with Gasteiger partial charge in [-0.05, 0) is 42.5 Å². The lowest BCUT2D eigenvalue weighted by Gasteiger charge is -2.03. The molecule has 1 amide bonds. The number of thiazole rings is 1. The van der Waals surface area contributed by atoms with Crippen LogP contribution in [-0.2, 0) is 14.8 Å². The van der Waals surface area contributed by atoms with Crippen LogP contribution in [0.2, 0.25) is 0 Å². The Morgan fingerprint density at radius 3 is 2.38 bits per heavy atom. The standard InChI is InChI=1S/C16H13N3O5S2/c1-24-15(21)10-4-2-9(3-5-10)14(20)19-16-18-12-7-6-11(26(17,22)23)8-13(12)25-16/h2-8H,1H3,(H2,17,22,23)(H,18,19,20). The van der Waals surface area contributed by atoms with Gasteiger partial charge in [0.1, 0.15) is 0 Å². The Balaban J connectivity index is 1.82. The minimum absolute atomic E-state index is 0.0232. The number of aromatic nitrogens is 1. The summed E-state index contributed by atoms with van der Waals surface area (Å²) in [5.41, 5.74) is 1.21. The van der Waals surface area contributed by atoms with Gasteiger partial charge in [-0.3, -0.25) is 10.1 Å². The van der Waals surface area contributed by atoms with Gasteiger partial charge in [0.15, 0.2) is 5.13 Å². The van der Waals surface area contributed by atoms with E-state index in [2.05, 4.69) is 15.0 Å². The summed E-state index contributed by atoms with van der Waals surface area (Å²) in [4.78, 5) is 27.9. The second-order valence-corrected chi connectivity index (χ2v) is 7.81. The fraction of sp³-hybridized carbons (Fsp3) is 0.0625. The summed E-state index contributed by atoms with van der Waals surface area (Å²) in [6.45, 7) is 0. The number of nitrogens with one attached hydrogen (secondary N) is 1. The number of primary sulfonamides is 1. The van der Waals surface area contributed by atoms with Gasteiger partial charge in [0.25, 0.3) is 5.91 Å². The van der Waals surface area contributed by atoms with Crippen LogP contribution in [0.4, 0.5) is 5.13 Å². The molecule has 0 saturated heterocycles. The predicted octanol–water partition coefficient (Wildman–Crippen LogP) is 1.98. The zero-order chi connectivity index (χ0) is 18.9. The van der Waals surface area contributed by atoms with E-state index in [4.69, 9.17) is 5.14 Å². The van der Waals surface area contributed by atoms with Crippen molar-refractivity contribution in [2.45, 2.75) is 4.90 Å². The van der Waals surface area contributed by atoms with Gasteiger partial charge >= 0.3 is 5.97 Å². The number of amides is 1. The number of carbonyl (C=O) groups excluding carboxylic acids is 2. The van der Waals surface area contributed by atoms with Crippen molar-refractivity contribution in [2.24, 2.45) is 5.14 Å². The van der Waals surface area contributed by atoms with Crippen LogP contribution in [0, 0.1) is 0 Å². The minimum atomic E-state index is -3.81. The zero-order valence-corrected chi connectivity index (χ0v) is 15.1. The molecule has 0 aliphatic heterocycles. The maximum Gasteiger partial charge on any atom is 0.337 e. The summed E-state index contributed by atoms with van der Waals surface area (Å²) in [6, 6.07) is 10.2. The molecule has 3 rings (SSSR count). The third-order valence-corrected chi connectivity index (χ3v) is 5.32. The number of methoxy groups -OCH3 is 1. The van der Waals surface area contributed by atoms with E-state index in [1.54, 1.807) is 0 Å². The zero-order valence-electron chi connectivity index (χ0n) is 13.4. The highest BCUT2D eigenvalue weighted by atomic mass is 32.2. The van der Waals surface area contributed by atoms with Crippen LogP contribution in [-0.4, -0.2) is 32.4 Å². The van der Waals surface area contributed by atoms with E-state index in [1.807, 2.05) is 0 Å². The van der Waals surface area contributed by atoms with Crippen LogP contribution < -0.4 is 10.5 Å². The third-order valence-electron chi connectivity index (χ3n) is 3.48. The van der Waals surface area contributed by atoms with Crippen molar-refractivity contribution >= 4 is 48.6 Å². The Morgan fingerprint density at radius 1 is 1.12 bits per heavy atom. The molecule has 0 saturated carbocycles. The van der Waals surface area contributed by atoms with E-state index >= 15 is 0 Å². The minimum Gasteiger partial charge on any atom is -0.465 e. The second-order valence-electron chi connectivity index (χ2n) is 5.22. The first kappa shape index (κ1) is 18.0. The number of esters is 1. The first-order valence-corrected chi connectivity index (χ1v) is 9.57. The molecule has 3 aromatic rings. The van der Waals surface area contributed by atoms with Crippen molar-refractivity contribution in [3.63, 3.8) is 0 Å². The van der Waals surface area contributed by atoms with Crippen LogP contribution in [0.5, 0.6) is 0 Å². The Morgan fingerprint density at radius 2 is 1.77 bits per heavy atom. The fourth-order valence-corrected chi connectivity index (χ4v) is 3.69. The van der Waals surface area contributed by atoms with Crippen molar-refractivity contribution in [1.29, 1.82) is 0 Å². The maximum absolute atomic E-state index is 12.3. The topological polar surface area (TPSA) is 128 Å². The molecule has 0 atom stereocenters. The number of nitrogens with zero attached hydrogens (tertiary/aromatic N) is 1. The van der Waals surface area contributed by atoms with Crippen LogP contribution in [0.1, 0.15) is 20.7 Å². The lowest BCUT2D eigenvalue weighted by atomic mass is 10.1. The highest BCUT2D eigenvalue weighted by molar-refractivity contribution is 7.89. The first-order valence-electron chi connectivity index (χ1n) is 7.21. The molecule has 0 unspecified atom stereocenters. The van der Waals surface area contributed by atoms with Gasteiger partial charge in [-0.2, -0.15) is 0 Å². The molecule has 0 aliphatic rings. The SMILES string of the molecule is COC(=O)c1ccc(C(=O)Nc2nc3ccc(S(N)(=O)=O)cc3s2)cc1. The molecule has 0 spiro atoms. The van der Waals surface area contributed by atoms with E-state index in [1.165, 1.54) is 49.6 Å². The summed E-state index contributed by atoms with van der Waals surface area (Å²) in [7, 11) is -2.54. The molecule has 0 bridgehead atoms. The van der Waals surface area contributed by atoms with Gasteiger partial charge in [0, 0.05) is 5.56 Å². The number of hydrogen-bond acceptors (Lipinski definition) is 7. The van der Waals surface area contributed by atoms with E-state index in [-0.39, 0.29) is 4.90 Å². The van der Waals surface area contributed by atoms with Gasteiger partial charge < -0.3 is 4.74 Å².